The van der Waals surface area contributed by atoms with E-state index in [1.54, 1.807) is 23.9 Å². The van der Waals surface area contributed by atoms with Crippen LogP contribution in [0.3, 0.4) is 0 Å². The van der Waals surface area contributed by atoms with Gasteiger partial charge in [0.05, 0.1) is 6.07 Å². The van der Waals surface area contributed by atoms with Crippen molar-refractivity contribution in [3.63, 3.8) is 0 Å². The number of nitriles is 1. The minimum Gasteiger partial charge on any atom is -0.355 e. The Kier molecular flexibility index (Phi) is 6.19. The number of carbonyl (C=O) groups excluding carboxylic acids is 1. The SMILES string of the molecule is CSCCCNC(=O)C(C#N)c1ccccc1. The summed E-state index contributed by atoms with van der Waals surface area (Å²) in [6, 6.07) is 11.2. The zero-order chi connectivity index (χ0) is 12.5. The smallest absolute Gasteiger partial charge is 0.241 e. The molecule has 1 rings (SSSR count). The van der Waals surface area contributed by atoms with E-state index in [0.717, 1.165) is 17.7 Å². The van der Waals surface area contributed by atoms with Gasteiger partial charge in [0.1, 0.15) is 5.92 Å². The summed E-state index contributed by atoms with van der Waals surface area (Å²) in [7, 11) is 0. The van der Waals surface area contributed by atoms with Crippen LogP contribution in [-0.4, -0.2) is 24.5 Å². The molecule has 0 bridgehead atoms. The van der Waals surface area contributed by atoms with Crippen molar-refractivity contribution in [1.82, 2.24) is 5.32 Å². The quantitative estimate of drug-likeness (QED) is 0.785. The van der Waals surface area contributed by atoms with Crippen LogP contribution in [0.5, 0.6) is 0 Å². The average molecular weight is 248 g/mol. The lowest BCUT2D eigenvalue weighted by Gasteiger charge is -2.10. The van der Waals surface area contributed by atoms with Crippen LogP contribution in [0.25, 0.3) is 0 Å². The van der Waals surface area contributed by atoms with E-state index in [0.29, 0.717) is 6.54 Å². The highest BCUT2D eigenvalue weighted by atomic mass is 32.2. The molecule has 1 atom stereocenters. The van der Waals surface area contributed by atoms with E-state index >= 15 is 0 Å². The van der Waals surface area contributed by atoms with Crippen molar-refractivity contribution < 1.29 is 4.79 Å². The minimum atomic E-state index is -0.703. The highest BCUT2D eigenvalue weighted by Crippen LogP contribution is 2.14. The lowest BCUT2D eigenvalue weighted by Crippen LogP contribution is -2.29. The zero-order valence-electron chi connectivity index (χ0n) is 9.85. The van der Waals surface area contributed by atoms with Crippen molar-refractivity contribution in [3.8, 4) is 6.07 Å². The van der Waals surface area contributed by atoms with E-state index in [4.69, 9.17) is 5.26 Å². The number of benzene rings is 1. The largest absolute Gasteiger partial charge is 0.355 e. The molecule has 1 aromatic carbocycles. The molecule has 1 unspecified atom stereocenters. The first-order valence-electron chi connectivity index (χ1n) is 5.50. The van der Waals surface area contributed by atoms with Crippen molar-refractivity contribution >= 4 is 17.7 Å². The Morgan fingerprint density at radius 3 is 2.76 bits per heavy atom. The van der Waals surface area contributed by atoms with E-state index in [9.17, 15) is 4.79 Å². The molecule has 0 aromatic heterocycles. The van der Waals surface area contributed by atoms with Crippen LogP contribution in [0.15, 0.2) is 30.3 Å². The van der Waals surface area contributed by atoms with Crippen molar-refractivity contribution in [2.24, 2.45) is 0 Å². The molecule has 0 spiro atoms. The Hall–Kier alpha value is -1.47. The molecule has 1 N–H and O–H groups in total. The molecule has 90 valence electrons. The molecule has 1 aromatic rings. The fraction of sp³-hybridized carbons (Fsp3) is 0.385. The topological polar surface area (TPSA) is 52.9 Å². The van der Waals surface area contributed by atoms with Gasteiger partial charge >= 0.3 is 0 Å². The monoisotopic (exact) mass is 248 g/mol. The second kappa shape index (κ2) is 7.75. The Labute approximate surface area is 106 Å². The average Bonchev–Trinajstić information content (AvgIpc) is 2.37. The van der Waals surface area contributed by atoms with Gasteiger partial charge in [0.2, 0.25) is 5.91 Å². The summed E-state index contributed by atoms with van der Waals surface area (Å²) in [5.74, 6) is 0.105. The molecule has 4 heteroatoms. The second-order valence-corrected chi connectivity index (χ2v) is 4.60. The van der Waals surface area contributed by atoms with Gasteiger partial charge in [-0.05, 0) is 24.0 Å². The van der Waals surface area contributed by atoms with Crippen molar-refractivity contribution in [2.45, 2.75) is 12.3 Å². The molecule has 17 heavy (non-hydrogen) atoms. The lowest BCUT2D eigenvalue weighted by molar-refractivity contribution is -0.121. The van der Waals surface area contributed by atoms with E-state index in [1.165, 1.54) is 0 Å². The second-order valence-electron chi connectivity index (χ2n) is 3.61. The van der Waals surface area contributed by atoms with E-state index in [1.807, 2.05) is 30.5 Å². The van der Waals surface area contributed by atoms with Gasteiger partial charge in [0, 0.05) is 6.54 Å². The van der Waals surface area contributed by atoms with E-state index in [2.05, 4.69) is 5.32 Å². The van der Waals surface area contributed by atoms with Crippen molar-refractivity contribution in [3.05, 3.63) is 35.9 Å². The number of nitrogens with zero attached hydrogens (tertiary/aromatic N) is 1. The van der Waals surface area contributed by atoms with Gasteiger partial charge in [0.25, 0.3) is 0 Å². The van der Waals surface area contributed by atoms with Gasteiger partial charge in [-0.25, -0.2) is 0 Å². The first-order valence-corrected chi connectivity index (χ1v) is 6.90. The molecule has 0 saturated carbocycles. The number of hydrogen-bond acceptors (Lipinski definition) is 3. The molecule has 3 nitrogen and oxygen atoms in total. The third-order valence-corrected chi connectivity index (χ3v) is 3.05. The molecular formula is C13H16N2OS. The normalized spacial score (nSPS) is 11.5. The maximum absolute atomic E-state index is 11.8. The molecular weight excluding hydrogens is 232 g/mol. The Morgan fingerprint density at radius 2 is 2.18 bits per heavy atom. The third-order valence-electron chi connectivity index (χ3n) is 2.35. The Balaban J connectivity index is 2.52. The Morgan fingerprint density at radius 1 is 1.47 bits per heavy atom. The highest BCUT2D eigenvalue weighted by Gasteiger charge is 2.18. The molecule has 0 aliphatic carbocycles. The van der Waals surface area contributed by atoms with Crippen LogP contribution >= 0.6 is 11.8 Å². The number of amides is 1. The van der Waals surface area contributed by atoms with Gasteiger partial charge in [-0.3, -0.25) is 4.79 Å². The zero-order valence-corrected chi connectivity index (χ0v) is 10.7. The number of thioether (sulfide) groups is 1. The summed E-state index contributed by atoms with van der Waals surface area (Å²) in [6.45, 7) is 0.630. The maximum atomic E-state index is 11.8. The fourth-order valence-corrected chi connectivity index (χ4v) is 1.89. The predicted octanol–water partition coefficient (Wildman–Crippen LogP) is 2.16. The third kappa shape index (κ3) is 4.49. The van der Waals surface area contributed by atoms with Crippen LogP contribution < -0.4 is 5.32 Å². The van der Waals surface area contributed by atoms with Crippen LogP contribution in [0.4, 0.5) is 0 Å². The van der Waals surface area contributed by atoms with Gasteiger partial charge < -0.3 is 5.32 Å². The first-order chi connectivity index (χ1) is 8.29. The summed E-state index contributed by atoms with van der Waals surface area (Å²) in [5.41, 5.74) is 0.748. The van der Waals surface area contributed by atoms with E-state index < -0.39 is 5.92 Å². The number of carbonyl (C=O) groups is 1. The summed E-state index contributed by atoms with van der Waals surface area (Å²) < 4.78 is 0. The molecule has 0 aliphatic heterocycles. The predicted molar refractivity (Wildman–Crippen MR) is 70.8 cm³/mol. The number of rotatable bonds is 6. The first kappa shape index (κ1) is 13.6. The summed E-state index contributed by atoms with van der Waals surface area (Å²) >= 11 is 1.75. The van der Waals surface area contributed by atoms with Crippen LogP contribution in [0, 0.1) is 11.3 Å². The standard InChI is InChI=1S/C13H16N2OS/c1-17-9-5-8-15-13(16)12(10-14)11-6-3-2-4-7-11/h2-4,6-7,12H,5,8-9H2,1H3,(H,15,16). The van der Waals surface area contributed by atoms with Gasteiger partial charge in [-0.1, -0.05) is 30.3 Å². The van der Waals surface area contributed by atoms with Gasteiger partial charge in [0.15, 0.2) is 0 Å². The Bertz CT molecular complexity index is 386. The minimum absolute atomic E-state index is 0.209. The molecule has 0 radical (unpaired) electrons. The fourth-order valence-electron chi connectivity index (χ4n) is 1.46. The molecule has 0 heterocycles. The van der Waals surface area contributed by atoms with Crippen LogP contribution in [-0.2, 0) is 4.79 Å². The van der Waals surface area contributed by atoms with Crippen LogP contribution in [0.2, 0.25) is 0 Å². The molecule has 0 fully saturated rings. The molecule has 1 amide bonds. The number of nitrogens with one attached hydrogen (secondary N) is 1. The van der Waals surface area contributed by atoms with Gasteiger partial charge in [-0.15, -0.1) is 0 Å². The highest BCUT2D eigenvalue weighted by molar-refractivity contribution is 7.98. The molecule has 0 saturated heterocycles. The number of hydrogen-bond donors (Lipinski definition) is 1. The summed E-state index contributed by atoms with van der Waals surface area (Å²) in [4.78, 5) is 11.8. The lowest BCUT2D eigenvalue weighted by atomic mass is 10.00. The van der Waals surface area contributed by atoms with Crippen molar-refractivity contribution in [1.29, 1.82) is 5.26 Å². The van der Waals surface area contributed by atoms with Gasteiger partial charge in [-0.2, -0.15) is 17.0 Å². The summed E-state index contributed by atoms with van der Waals surface area (Å²) in [6.07, 6.45) is 2.96. The summed E-state index contributed by atoms with van der Waals surface area (Å²) in [5, 5.41) is 11.8. The molecule has 0 aliphatic rings. The van der Waals surface area contributed by atoms with E-state index in [-0.39, 0.29) is 5.91 Å². The van der Waals surface area contributed by atoms with Crippen LogP contribution in [0.1, 0.15) is 17.9 Å². The van der Waals surface area contributed by atoms with Crippen molar-refractivity contribution in [2.75, 3.05) is 18.6 Å². The maximum Gasteiger partial charge on any atom is 0.241 e.